The molecule has 0 radical (unpaired) electrons. The van der Waals surface area contributed by atoms with Crippen molar-refractivity contribution in [3.63, 3.8) is 0 Å². The number of carboxylic acid groups (broad SMARTS) is 2. The van der Waals surface area contributed by atoms with Crippen LogP contribution in [0.4, 0.5) is 0 Å². The Hall–Kier alpha value is -0.452. The third-order valence-corrected chi connectivity index (χ3v) is 0.760. The summed E-state index contributed by atoms with van der Waals surface area (Å²) in [6.45, 7) is 2.19. The van der Waals surface area contributed by atoms with Crippen molar-refractivity contribution in [3.05, 3.63) is 11.5 Å². The summed E-state index contributed by atoms with van der Waals surface area (Å²) in [4.78, 5) is 18.2. The Labute approximate surface area is 90.5 Å². The van der Waals surface area contributed by atoms with Gasteiger partial charge in [0.1, 0.15) is 0 Å². The number of carboxylic acids is 2. The van der Waals surface area contributed by atoms with Gasteiger partial charge in [0.25, 0.3) is 0 Å². The Morgan fingerprint density at radius 1 is 1.31 bits per heavy atom. The van der Waals surface area contributed by atoms with E-state index >= 15 is 0 Å². The largest absolute Gasteiger partial charge is 2.00 e. The maximum absolute atomic E-state index is 9.10. The SMILES string of the molecule is CC([NH-])CC[NH-].O=C(O)C(=O)O.[Pt+2]. The zero-order valence-electron chi connectivity index (χ0n) is 7.02. The van der Waals surface area contributed by atoms with Crippen molar-refractivity contribution in [2.24, 2.45) is 0 Å². The van der Waals surface area contributed by atoms with E-state index in [1.165, 1.54) is 0 Å². The quantitative estimate of drug-likeness (QED) is 0.704. The van der Waals surface area contributed by atoms with E-state index in [2.05, 4.69) is 0 Å². The van der Waals surface area contributed by atoms with E-state index in [-0.39, 0.29) is 27.1 Å². The van der Waals surface area contributed by atoms with Crippen LogP contribution in [0.5, 0.6) is 0 Å². The molecule has 1 unspecified atom stereocenters. The number of hydrogen-bond acceptors (Lipinski definition) is 2. The molecule has 13 heavy (non-hydrogen) atoms. The van der Waals surface area contributed by atoms with Crippen LogP contribution in [0.3, 0.4) is 0 Å². The molecule has 0 aromatic rings. The molecule has 0 aromatic carbocycles. The van der Waals surface area contributed by atoms with E-state index in [1.807, 2.05) is 0 Å². The molecule has 0 saturated heterocycles. The van der Waals surface area contributed by atoms with Crippen molar-refractivity contribution in [1.29, 1.82) is 0 Å². The van der Waals surface area contributed by atoms with Gasteiger partial charge in [-0.1, -0.05) is 13.3 Å². The Balaban J connectivity index is -0.000000143. The van der Waals surface area contributed by atoms with Gasteiger partial charge in [-0.15, -0.1) is 6.04 Å². The standard InChI is InChI=1S/C4H10N2.C2H2O4.Pt/c1-4(6)2-3-5;3-1(4)2(5)6;/h4-6H,2-3H2,1H3;(H,3,4)(H,5,6);/q-2;;+2. The molecule has 0 amide bonds. The first-order valence-corrected chi connectivity index (χ1v) is 3.23. The molecular weight excluding hydrogens is 359 g/mol. The molecule has 0 fully saturated rings. The molecule has 0 aromatic heterocycles. The first-order chi connectivity index (χ1) is 5.41. The predicted molar refractivity (Wildman–Crippen MR) is 42.9 cm³/mol. The maximum atomic E-state index is 9.10. The van der Waals surface area contributed by atoms with Crippen LogP contribution in [0.2, 0.25) is 0 Å². The average molecular weight is 371 g/mol. The van der Waals surface area contributed by atoms with Crippen LogP contribution in [-0.4, -0.2) is 34.7 Å². The van der Waals surface area contributed by atoms with Gasteiger partial charge in [0.05, 0.1) is 0 Å². The van der Waals surface area contributed by atoms with Crippen molar-refractivity contribution < 1.29 is 40.9 Å². The van der Waals surface area contributed by atoms with Crippen molar-refractivity contribution in [2.75, 3.05) is 6.54 Å². The fourth-order valence-electron chi connectivity index (χ4n) is 0.217. The summed E-state index contributed by atoms with van der Waals surface area (Å²) < 4.78 is 0. The van der Waals surface area contributed by atoms with Crippen LogP contribution in [0.15, 0.2) is 0 Å². The molecular formula is C6H12N2O4Pt. The second kappa shape index (κ2) is 11.5. The molecule has 80 valence electrons. The minimum Gasteiger partial charge on any atom is -0.677 e. The van der Waals surface area contributed by atoms with E-state index in [0.717, 1.165) is 0 Å². The van der Waals surface area contributed by atoms with Gasteiger partial charge in [0.2, 0.25) is 0 Å². The van der Waals surface area contributed by atoms with Crippen molar-refractivity contribution in [1.82, 2.24) is 0 Å². The molecule has 1 atom stereocenters. The van der Waals surface area contributed by atoms with Gasteiger partial charge in [0, 0.05) is 0 Å². The van der Waals surface area contributed by atoms with Crippen molar-refractivity contribution in [2.45, 2.75) is 19.4 Å². The number of hydrogen-bond donors (Lipinski definition) is 2. The zero-order chi connectivity index (χ0) is 10.1. The summed E-state index contributed by atoms with van der Waals surface area (Å²) in [7, 11) is 0. The zero-order valence-corrected chi connectivity index (χ0v) is 9.29. The second-order valence-corrected chi connectivity index (χ2v) is 2.05. The molecule has 0 spiro atoms. The molecule has 0 bridgehead atoms. The third kappa shape index (κ3) is 24.6. The first-order valence-electron chi connectivity index (χ1n) is 3.23. The Morgan fingerprint density at radius 3 is 1.62 bits per heavy atom. The minimum atomic E-state index is -1.82. The van der Waals surface area contributed by atoms with Crippen LogP contribution < -0.4 is 0 Å². The van der Waals surface area contributed by atoms with Crippen LogP contribution in [0.25, 0.3) is 11.5 Å². The molecule has 0 aliphatic carbocycles. The molecule has 0 aliphatic rings. The summed E-state index contributed by atoms with van der Waals surface area (Å²) >= 11 is 0. The van der Waals surface area contributed by atoms with Crippen LogP contribution >= 0.6 is 0 Å². The fourth-order valence-corrected chi connectivity index (χ4v) is 0.217. The summed E-state index contributed by atoms with van der Waals surface area (Å²) in [6.07, 6.45) is 0.708. The molecule has 0 aliphatic heterocycles. The van der Waals surface area contributed by atoms with Crippen LogP contribution in [-0.2, 0) is 30.7 Å². The summed E-state index contributed by atoms with van der Waals surface area (Å²) in [6, 6.07) is -0.0394. The molecule has 7 heteroatoms. The molecule has 0 heterocycles. The summed E-state index contributed by atoms with van der Waals surface area (Å²) in [5.41, 5.74) is 13.5. The topological polar surface area (TPSA) is 122 Å². The Bertz CT molecular complexity index is 140. The molecule has 4 N–H and O–H groups in total. The number of aliphatic carboxylic acids is 2. The van der Waals surface area contributed by atoms with Gasteiger partial charge < -0.3 is 21.7 Å². The minimum absolute atomic E-state index is 0. The second-order valence-electron chi connectivity index (χ2n) is 2.05. The van der Waals surface area contributed by atoms with Gasteiger partial charge in [0.15, 0.2) is 0 Å². The number of nitrogens with one attached hydrogen (secondary N) is 2. The smallest absolute Gasteiger partial charge is 0.677 e. The van der Waals surface area contributed by atoms with Gasteiger partial charge in [-0.2, -0.15) is 6.54 Å². The number of rotatable bonds is 2. The van der Waals surface area contributed by atoms with Gasteiger partial charge in [-0.3, -0.25) is 0 Å². The third-order valence-electron chi connectivity index (χ3n) is 0.760. The maximum Gasteiger partial charge on any atom is 2.00 e. The van der Waals surface area contributed by atoms with Crippen LogP contribution in [0.1, 0.15) is 13.3 Å². The Kier molecular flexibility index (Phi) is 16.3. The van der Waals surface area contributed by atoms with Crippen LogP contribution in [0, 0.1) is 0 Å². The predicted octanol–water partition coefficient (Wildman–Crippen LogP) is 1.02. The van der Waals surface area contributed by atoms with E-state index in [0.29, 0.717) is 13.0 Å². The van der Waals surface area contributed by atoms with E-state index in [4.69, 9.17) is 31.3 Å². The Morgan fingerprint density at radius 2 is 1.62 bits per heavy atom. The summed E-state index contributed by atoms with van der Waals surface area (Å²) in [5.74, 6) is -3.65. The molecule has 6 nitrogen and oxygen atoms in total. The van der Waals surface area contributed by atoms with Gasteiger partial charge in [-0.05, 0) is 0 Å². The fraction of sp³-hybridized carbons (Fsp3) is 0.667. The van der Waals surface area contributed by atoms with Gasteiger partial charge in [-0.25, -0.2) is 9.59 Å². The van der Waals surface area contributed by atoms with E-state index in [9.17, 15) is 0 Å². The number of carbonyl (C=O) groups is 2. The monoisotopic (exact) mass is 371 g/mol. The first kappa shape index (κ1) is 18.4. The normalized spacial score (nSPS) is 10.1. The van der Waals surface area contributed by atoms with E-state index < -0.39 is 11.9 Å². The van der Waals surface area contributed by atoms with E-state index in [1.54, 1.807) is 6.92 Å². The molecule has 0 rings (SSSR count). The van der Waals surface area contributed by atoms with Gasteiger partial charge >= 0.3 is 33.0 Å². The molecule has 0 saturated carbocycles. The van der Waals surface area contributed by atoms with Crippen molar-refractivity contribution in [3.8, 4) is 0 Å². The average Bonchev–Trinajstić information content (AvgIpc) is 1.87. The van der Waals surface area contributed by atoms with Crippen molar-refractivity contribution >= 4 is 11.9 Å². The summed E-state index contributed by atoms with van der Waals surface area (Å²) in [5, 5.41) is 14.8.